The molecule has 1 saturated carbocycles. The van der Waals surface area contributed by atoms with Gasteiger partial charge in [0.05, 0.1) is 17.6 Å². The Balaban J connectivity index is 1.78. The molecule has 1 aliphatic rings. The van der Waals surface area contributed by atoms with E-state index in [1.54, 1.807) is 24.4 Å². The van der Waals surface area contributed by atoms with Gasteiger partial charge in [0.25, 0.3) is 0 Å². The van der Waals surface area contributed by atoms with Crippen molar-refractivity contribution in [1.82, 2.24) is 14.7 Å². The van der Waals surface area contributed by atoms with Crippen molar-refractivity contribution in [2.24, 2.45) is 0 Å². The number of hydrogen-bond donors (Lipinski definition) is 1. The van der Waals surface area contributed by atoms with E-state index in [0.29, 0.717) is 29.7 Å². The van der Waals surface area contributed by atoms with E-state index in [2.05, 4.69) is 10.4 Å². The second kappa shape index (κ2) is 7.03. The van der Waals surface area contributed by atoms with Crippen molar-refractivity contribution in [2.45, 2.75) is 45.6 Å². The number of anilines is 1. The molecule has 0 saturated heterocycles. The summed E-state index contributed by atoms with van der Waals surface area (Å²) in [5.41, 5.74) is 1.69. The monoisotopic (exact) mass is 330 g/mol. The number of halogens is 1. The number of rotatable bonds is 4. The van der Waals surface area contributed by atoms with Gasteiger partial charge in [0.15, 0.2) is 0 Å². The largest absolute Gasteiger partial charge is 0.322 e. The molecule has 6 heteroatoms. The van der Waals surface area contributed by atoms with E-state index >= 15 is 0 Å². The number of nitrogens with zero attached hydrogens (tertiary/aromatic N) is 3. The first-order valence-corrected chi connectivity index (χ1v) is 8.49. The zero-order valence-electron chi connectivity index (χ0n) is 14.1. The predicted molar refractivity (Wildman–Crippen MR) is 91.9 cm³/mol. The highest BCUT2D eigenvalue weighted by atomic mass is 19.1. The quantitative estimate of drug-likeness (QED) is 0.917. The maximum atomic E-state index is 14.0. The van der Waals surface area contributed by atoms with Crippen molar-refractivity contribution in [2.75, 3.05) is 11.9 Å². The lowest BCUT2D eigenvalue weighted by Crippen LogP contribution is -2.41. The number of amides is 2. The molecule has 1 fully saturated rings. The third-order valence-electron chi connectivity index (χ3n) is 4.70. The molecule has 3 rings (SSSR count). The second-order valence-electron chi connectivity index (χ2n) is 6.16. The van der Waals surface area contributed by atoms with Crippen LogP contribution in [0.1, 0.15) is 38.3 Å². The van der Waals surface area contributed by atoms with Gasteiger partial charge in [-0.25, -0.2) is 13.9 Å². The average Bonchev–Trinajstić information content (AvgIpc) is 3.21. The first-order valence-electron chi connectivity index (χ1n) is 8.49. The molecule has 0 spiro atoms. The Kier molecular flexibility index (Phi) is 4.83. The molecule has 5 nitrogen and oxygen atoms in total. The van der Waals surface area contributed by atoms with Crippen molar-refractivity contribution in [3.63, 3.8) is 0 Å². The summed E-state index contributed by atoms with van der Waals surface area (Å²) in [6, 6.07) is 6.67. The molecular weight excluding hydrogens is 307 g/mol. The van der Waals surface area contributed by atoms with Crippen molar-refractivity contribution in [3.8, 4) is 5.69 Å². The summed E-state index contributed by atoms with van der Waals surface area (Å²) in [7, 11) is 0. The van der Waals surface area contributed by atoms with Crippen LogP contribution in [0.4, 0.5) is 14.9 Å². The van der Waals surface area contributed by atoms with Crippen LogP contribution < -0.4 is 5.32 Å². The minimum atomic E-state index is -0.345. The van der Waals surface area contributed by atoms with E-state index in [1.807, 2.05) is 18.7 Å². The summed E-state index contributed by atoms with van der Waals surface area (Å²) >= 11 is 0. The number of aromatic nitrogens is 2. The maximum Gasteiger partial charge on any atom is 0.322 e. The Labute approximate surface area is 141 Å². The van der Waals surface area contributed by atoms with Crippen LogP contribution in [0.2, 0.25) is 0 Å². The molecule has 0 radical (unpaired) electrons. The Morgan fingerprint density at radius 1 is 1.38 bits per heavy atom. The van der Waals surface area contributed by atoms with Crippen molar-refractivity contribution < 1.29 is 9.18 Å². The summed E-state index contributed by atoms with van der Waals surface area (Å²) in [6.07, 6.45) is 6.06. The SMILES string of the molecule is CCN(C(=O)Nc1cnn(-c2ccccc2F)c1C)C1CCCC1. The van der Waals surface area contributed by atoms with E-state index in [9.17, 15) is 9.18 Å². The van der Waals surface area contributed by atoms with Gasteiger partial charge in [0.1, 0.15) is 11.5 Å². The van der Waals surface area contributed by atoms with Crippen LogP contribution >= 0.6 is 0 Å². The first-order chi connectivity index (χ1) is 11.6. The number of benzene rings is 1. The van der Waals surface area contributed by atoms with Crippen molar-refractivity contribution in [3.05, 3.63) is 42.0 Å². The summed E-state index contributed by atoms with van der Waals surface area (Å²) < 4.78 is 15.5. The zero-order valence-corrected chi connectivity index (χ0v) is 14.1. The lowest BCUT2D eigenvalue weighted by atomic mass is 10.2. The Bertz CT molecular complexity index is 722. The van der Waals surface area contributed by atoms with Crippen molar-refractivity contribution >= 4 is 11.7 Å². The molecule has 0 unspecified atom stereocenters. The molecule has 0 bridgehead atoms. The van der Waals surface area contributed by atoms with Gasteiger partial charge < -0.3 is 10.2 Å². The molecule has 1 aromatic heterocycles. The van der Waals surface area contributed by atoms with Crippen LogP contribution in [0.25, 0.3) is 5.69 Å². The van der Waals surface area contributed by atoms with Crippen molar-refractivity contribution in [1.29, 1.82) is 0 Å². The van der Waals surface area contributed by atoms with Gasteiger partial charge in [0.2, 0.25) is 0 Å². The van der Waals surface area contributed by atoms with Crippen LogP contribution in [0.15, 0.2) is 30.5 Å². The van der Waals surface area contributed by atoms with Gasteiger partial charge in [-0.1, -0.05) is 25.0 Å². The standard InChI is InChI=1S/C18H23FN4O/c1-3-22(14-8-4-5-9-14)18(24)21-16-12-20-23(13(16)2)17-11-7-6-10-15(17)19/h6-7,10-12,14H,3-5,8-9H2,1-2H3,(H,21,24). The molecule has 1 heterocycles. The third kappa shape index (κ3) is 3.13. The van der Waals surface area contributed by atoms with Crippen LogP contribution in [0, 0.1) is 12.7 Å². The number of carbonyl (C=O) groups excluding carboxylic acids is 1. The van der Waals surface area contributed by atoms with Gasteiger partial charge in [-0.15, -0.1) is 0 Å². The Morgan fingerprint density at radius 2 is 2.08 bits per heavy atom. The fraction of sp³-hybridized carbons (Fsp3) is 0.444. The minimum absolute atomic E-state index is 0.111. The fourth-order valence-corrected chi connectivity index (χ4v) is 3.37. The van der Waals surface area contributed by atoms with Gasteiger partial charge >= 0.3 is 6.03 Å². The molecule has 1 N–H and O–H groups in total. The second-order valence-corrected chi connectivity index (χ2v) is 6.16. The van der Waals surface area contributed by atoms with E-state index < -0.39 is 0 Å². The summed E-state index contributed by atoms with van der Waals surface area (Å²) in [5, 5.41) is 7.15. The maximum absolute atomic E-state index is 14.0. The molecule has 24 heavy (non-hydrogen) atoms. The molecule has 128 valence electrons. The molecule has 1 aromatic carbocycles. The van der Waals surface area contributed by atoms with Gasteiger partial charge in [-0.05, 0) is 38.8 Å². The first kappa shape index (κ1) is 16.5. The van der Waals surface area contributed by atoms with Crippen LogP contribution in [0.5, 0.6) is 0 Å². The fourth-order valence-electron chi connectivity index (χ4n) is 3.37. The van der Waals surface area contributed by atoms with Gasteiger partial charge in [0, 0.05) is 12.6 Å². The number of carbonyl (C=O) groups is 1. The number of para-hydroxylation sites is 1. The minimum Gasteiger partial charge on any atom is -0.322 e. The number of hydrogen-bond acceptors (Lipinski definition) is 2. The van der Waals surface area contributed by atoms with Crippen LogP contribution in [-0.4, -0.2) is 33.3 Å². The summed E-state index contributed by atoms with van der Waals surface area (Å²) in [4.78, 5) is 14.5. The zero-order chi connectivity index (χ0) is 17.1. The van der Waals surface area contributed by atoms with Crippen LogP contribution in [-0.2, 0) is 0 Å². The number of nitrogens with one attached hydrogen (secondary N) is 1. The predicted octanol–water partition coefficient (Wildman–Crippen LogP) is 4.12. The lowest BCUT2D eigenvalue weighted by Gasteiger charge is -2.27. The Hall–Kier alpha value is -2.37. The highest BCUT2D eigenvalue weighted by molar-refractivity contribution is 5.90. The highest BCUT2D eigenvalue weighted by Crippen LogP contribution is 2.25. The molecular formula is C18H23FN4O. The lowest BCUT2D eigenvalue weighted by molar-refractivity contribution is 0.192. The molecule has 2 aromatic rings. The third-order valence-corrected chi connectivity index (χ3v) is 4.70. The molecule has 0 aliphatic heterocycles. The highest BCUT2D eigenvalue weighted by Gasteiger charge is 2.26. The average molecular weight is 330 g/mol. The van der Waals surface area contributed by atoms with Crippen LogP contribution in [0.3, 0.4) is 0 Å². The van der Waals surface area contributed by atoms with E-state index in [-0.39, 0.29) is 11.8 Å². The van der Waals surface area contributed by atoms with Gasteiger partial charge in [-0.2, -0.15) is 5.10 Å². The molecule has 0 atom stereocenters. The normalized spacial score (nSPS) is 14.8. The number of urea groups is 1. The summed E-state index contributed by atoms with van der Waals surface area (Å²) in [6.45, 7) is 4.49. The van der Waals surface area contributed by atoms with E-state index in [0.717, 1.165) is 12.8 Å². The van der Waals surface area contributed by atoms with E-state index in [4.69, 9.17) is 0 Å². The van der Waals surface area contributed by atoms with Gasteiger partial charge in [-0.3, -0.25) is 0 Å². The molecule has 2 amide bonds. The molecule has 1 aliphatic carbocycles. The topological polar surface area (TPSA) is 50.2 Å². The smallest absolute Gasteiger partial charge is 0.322 e. The summed E-state index contributed by atoms with van der Waals surface area (Å²) in [5.74, 6) is -0.345. The van der Waals surface area contributed by atoms with E-state index in [1.165, 1.54) is 23.6 Å². The Morgan fingerprint density at radius 3 is 2.75 bits per heavy atom.